The number of aromatic nitrogens is 1. The first kappa shape index (κ1) is 13.5. The smallest absolute Gasteiger partial charge is 0.258 e. The predicted octanol–water partition coefficient (Wildman–Crippen LogP) is 3.25. The lowest BCUT2D eigenvalue weighted by atomic mass is 10.2. The summed E-state index contributed by atoms with van der Waals surface area (Å²) >= 11 is 3.22. The van der Waals surface area contributed by atoms with E-state index in [-0.39, 0.29) is 11.3 Å². The van der Waals surface area contributed by atoms with Gasteiger partial charge in [0.25, 0.3) is 5.91 Å². The normalized spacial score (nSPS) is 10.3. The van der Waals surface area contributed by atoms with Crippen LogP contribution < -0.4 is 5.32 Å². The third kappa shape index (κ3) is 3.08. The second-order valence-corrected chi connectivity index (χ2v) is 4.70. The van der Waals surface area contributed by atoms with E-state index in [0.717, 1.165) is 6.07 Å². The van der Waals surface area contributed by atoms with Crippen molar-refractivity contribution in [2.45, 2.75) is 6.92 Å². The van der Waals surface area contributed by atoms with Gasteiger partial charge < -0.3 is 10.4 Å². The summed E-state index contributed by atoms with van der Waals surface area (Å²) in [5.74, 6) is -1.60. The van der Waals surface area contributed by atoms with E-state index in [1.165, 1.54) is 12.1 Å². The van der Waals surface area contributed by atoms with Gasteiger partial charge in [-0.05, 0) is 47.1 Å². The van der Waals surface area contributed by atoms with Crippen LogP contribution in [0.5, 0.6) is 5.75 Å². The van der Waals surface area contributed by atoms with E-state index in [0.29, 0.717) is 16.0 Å². The number of aryl methyl sites for hydroxylation is 1. The molecule has 6 heteroatoms. The molecule has 4 nitrogen and oxygen atoms in total. The van der Waals surface area contributed by atoms with Crippen LogP contribution in [0, 0.1) is 12.7 Å². The van der Waals surface area contributed by atoms with Gasteiger partial charge in [0.05, 0.1) is 16.9 Å². The summed E-state index contributed by atoms with van der Waals surface area (Å²) in [6.45, 7) is 1.73. The minimum Gasteiger partial charge on any atom is -0.508 e. The number of rotatable bonds is 2. The van der Waals surface area contributed by atoms with Crippen LogP contribution in [0.4, 0.5) is 10.1 Å². The molecule has 0 fully saturated rings. The van der Waals surface area contributed by atoms with Crippen LogP contribution in [0.15, 0.2) is 34.9 Å². The summed E-state index contributed by atoms with van der Waals surface area (Å²) in [6, 6.07) is 6.71. The van der Waals surface area contributed by atoms with E-state index >= 15 is 0 Å². The molecule has 0 saturated carbocycles. The van der Waals surface area contributed by atoms with Gasteiger partial charge in [-0.3, -0.25) is 4.79 Å². The molecule has 1 amide bonds. The van der Waals surface area contributed by atoms with E-state index < -0.39 is 11.7 Å². The zero-order chi connectivity index (χ0) is 14.0. The quantitative estimate of drug-likeness (QED) is 0.833. The van der Waals surface area contributed by atoms with Crippen LogP contribution in [-0.2, 0) is 0 Å². The van der Waals surface area contributed by atoms with Crippen molar-refractivity contribution >= 4 is 27.5 Å². The number of aromatic hydroxyl groups is 1. The molecule has 2 N–H and O–H groups in total. The Morgan fingerprint density at radius 3 is 2.74 bits per heavy atom. The van der Waals surface area contributed by atoms with Gasteiger partial charge in [0.1, 0.15) is 16.2 Å². The van der Waals surface area contributed by atoms with E-state index in [9.17, 15) is 9.18 Å². The van der Waals surface area contributed by atoms with Gasteiger partial charge in [-0.2, -0.15) is 0 Å². The summed E-state index contributed by atoms with van der Waals surface area (Å²) in [5, 5.41) is 11.7. The molecule has 2 rings (SSSR count). The van der Waals surface area contributed by atoms with Gasteiger partial charge >= 0.3 is 0 Å². The fraction of sp³-hybridized carbons (Fsp3) is 0.0769. The van der Waals surface area contributed by atoms with Crippen molar-refractivity contribution in [1.29, 1.82) is 0 Å². The SMILES string of the molecule is Cc1nc(Br)ccc1NC(=O)c1ccc(O)cc1F. The molecule has 1 aromatic carbocycles. The standard InChI is InChI=1S/C13H10BrFN2O2/c1-7-11(4-5-12(14)16-7)17-13(19)9-3-2-8(18)6-10(9)15/h2-6,18H,1H3,(H,17,19). The van der Waals surface area contributed by atoms with Crippen LogP contribution in [0.2, 0.25) is 0 Å². The Morgan fingerprint density at radius 2 is 2.11 bits per heavy atom. The van der Waals surface area contributed by atoms with E-state index in [1.807, 2.05) is 0 Å². The Bertz CT molecular complexity index is 647. The molecule has 0 aliphatic heterocycles. The average Bonchev–Trinajstić information content (AvgIpc) is 2.32. The number of pyridine rings is 1. The van der Waals surface area contributed by atoms with Gasteiger partial charge in [-0.15, -0.1) is 0 Å². The van der Waals surface area contributed by atoms with Crippen molar-refractivity contribution in [1.82, 2.24) is 4.98 Å². The molecule has 98 valence electrons. The minimum absolute atomic E-state index is 0.139. The maximum absolute atomic E-state index is 13.5. The summed E-state index contributed by atoms with van der Waals surface area (Å²) in [4.78, 5) is 16.0. The van der Waals surface area contributed by atoms with Crippen LogP contribution in [0.1, 0.15) is 16.1 Å². The van der Waals surface area contributed by atoms with Gasteiger partial charge in [-0.25, -0.2) is 9.37 Å². The van der Waals surface area contributed by atoms with E-state index in [2.05, 4.69) is 26.2 Å². The van der Waals surface area contributed by atoms with Gasteiger partial charge in [0, 0.05) is 6.07 Å². The Kier molecular flexibility index (Phi) is 3.80. The number of benzene rings is 1. The maximum Gasteiger partial charge on any atom is 0.258 e. The largest absolute Gasteiger partial charge is 0.508 e. The van der Waals surface area contributed by atoms with Crippen LogP contribution in [0.3, 0.4) is 0 Å². The third-order valence-electron chi connectivity index (χ3n) is 2.50. The molecule has 0 spiro atoms. The Labute approximate surface area is 117 Å². The van der Waals surface area contributed by atoms with Crippen molar-refractivity contribution < 1.29 is 14.3 Å². The monoisotopic (exact) mass is 324 g/mol. The topological polar surface area (TPSA) is 62.2 Å². The Morgan fingerprint density at radius 1 is 1.37 bits per heavy atom. The van der Waals surface area contributed by atoms with Gasteiger partial charge in [0.2, 0.25) is 0 Å². The van der Waals surface area contributed by atoms with Crippen LogP contribution in [0.25, 0.3) is 0 Å². The number of hydrogen-bond donors (Lipinski definition) is 2. The Balaban J connectivity index is 2.25. The van der Waals surface area contributed by atoms with E-state index in [1.54, 1.807) is 19.1 Å². The summed E-state index contributed by atoms with van der Waals surface area (Å²) in [7, 11) is 0. The number of hydrogen-bond acceptors (Lipinski definition) is 3. The summed E-state index contributed by atoms with van der Waals surface area (Å²) < 4.78 is 14.2. The zero-order valence-electron chi connectivity index (χ0n) is 9.95. The van der Waals surface area contributed by atoms with Gasteiger partial charge in [-0.1, -0.05) is 0 Å². The summed E-state index contributed by atoms with van der Waals surface area (Å²) in [5.41, 5.74) is 0.975. The highest BCUT2D eigenvalue weighted by Gasteiger charge is 2.13. The molecule has 0 radical (unpaired) electrons. The number of carbonyl (C=O) groups excluding carboxylic acids is 1. The van der Waals surface area contributed by atoms with E-state index in [4.69, 9.17) is 5.11 Å². The minimum atomic E-state index is -0.778. The van der Waals surface area contributed by atoms with Crippen LogP contribution >= 0.6 is 15.9 Å². The highest BCUT2D eigenvalue weighted by atomic mass is 79.9. The predicted molar refractivity (Wildman–Crippen MR) is 72.7 cm³/mol. The van der Waals surface area contributed by atoms with Crippen molar-refractivity contribution in [3.05, 3.63) is 52.0 Å². The lowest BCUT2D eigenvalue weighted by Crippen LogP contribution is -2.14. The van der Waals surface area contributed by atoms with Crippen molar-refractivity contribution in [3.8, 4) is 5.75 Å². The third-order valence-corrected chi connectivity index (χ3v) is 2.94. The molecule has 0 aliphatic carbocycles. The number of phenolic OH excluding ortho intramolecular Hbond substituents is 1. The molecule has 1 heterocycles. The highest BCUT2D eigenvalue weighted by molar-refractivity contribution is 9.10. The van der Waals surface area contributed by atoms with Gasteiger partial charge in [0.15, 0.2) is 0 Å². The molecule has 0 unspecified atom stereocenters. The fourth-order valence-electron chi connectivity index (χ4n) is 1.54. The number of amides is 1. The molecular formula is C13H10BrFN2O2. The molecule has 0 saturated heterocycles. The number of phenols is 1. The van der Waals surface area contributed by atoms with Crippen molar-refractivity contribution in [2.24, 2.45) is 0 Å². The number of anilines is 1. The first-order valence-corrected chi connectivity index (χ1v) is 6.19. The summed E-state index contributed by atoms with van der Waals surface area (Å²) in [6.07, 6.45) is 0. The number of nitrogens with zero attached hydrogens (tertiary/aromatic N) is 1. The molecule has 2 aromatic rings. The zero-order valence-corrected chi connectivity index (χ0v) is 11.5. The first-order valence-electron chi connectivity index (χ1n) is 5.40. The fourth-order valence-corrected chi connectivity index (χ4v) is 1.94. The van der Waals surface area contributed by atoms with Crippen molar-refractivity contribution in [3.63, 3.8) is 0 Å². The number of carbonyl (C=O) groups is 1. The molecule has 0 atom stereocenters. The van der Waals surface area contributed by atoms with Crippen LogP contribution in [-0.4, -0.2) is 16.0 Å². The average molecular weight is 325 g/mol. The number of nitrogens with one attached hydrogen (secondary N) is 1. The molecule has 1 aromatic heterocycles. The Hall–Kier alpha value is -1.95. The highest BCUT2D eigenvalue weighted by Crippen LogP contribution is 2.19. The molecule has 0 aliphatic rings. The lowest BCUT2D eigenvalue weighted by molar-refractivity contribution is 0.102. The molecular weight excluding hydrogens is 315 g/mol. The lowest BCUT2D eigenvalue weighted by Gasteiger charge is -2.08. The molecule has 19 heavy (non-hydrogen) atoms. The second kappa shape index (κ2) is 5.36. The van der Waals surface area contributed by atoms with Crippen molar-refractivity contribution in [2.75, 3.05) is 5.32 Å². The number of halogens is 2. The molecule has 0 bridgehead atoms. The second-order valence-electron chi connectivity index (χ2n) is 3.89. The maximum atomic E-state index is 13.5. The first-order chi connectivity index (χ1) is 8.97.